The fourth-order valence-electron chi connectivity index (χ4n) is 1.08. The Morgan fingerprint density at radius 3 is 2.53 bits per heavy atom. The average Bonchev–Trinajstić information content (AvgIpc) is 2.39. The van der Waals surface area contributed by atoms with Crippen LogP contribution in [0.4, 0.5) is 0 Å². The molecule has 0 saturated carbocycles. The molecule has 4 N–H and O–H groups in total. The van der Waals surface area contributed by atoms with Crippen LogP contribution in [0.15, 0.2) is 24.3 Å². The number of aliphatic hydroxyl groups excluding tert-OH is 2. The van der Waals surface area contributed by atoms with Gasteiger partial charge in [0.2, 0.25) is 0 Å². The van der Waals surface area contributed by atoms with Crippen LogP contribution in [0.5, 0.6) is 11.5 Å². The second-order valence-electron chi connectivity index (χ2n) is 3.52. The molecule has 0 amide bonds. The lowest BCUT2D eigenvalue weighted by atomic mass is 10.2. The smallest absolute Gasteiger partial charge is 0.345 e. The summed E-state index contributed by atoms with van der Waals surface area (Å²) in [6, 6.07) is 3.84. The van der Waals surface area contributed by atoms with Crippen LogP contribution in [0.25, 0.3) is 6.08 Å². The molecule has 0 heterocycles. The lowest BCUT2D eigenvalue weighted by Gasteiger charge is -2.04. The van der Waals surface area contributed by atoms with Crippen LogP contribution >= 0.6 is 0 Å². The number of rotatable bonds is 4. The van der Waals surface area contributed by atoms with Crippen LogP contribution in [0.3, 0.4) is 0 Å². The second kappa shape index (κ2) is 6.53. The molecule has 7 nitrogen and oxygen atoms in total. The van der Waals surface area contributed by atoms with E-state index in [1.165, 1.54) is 24.3 Å². The molecule has 1 aromatic rings. The Bertz CT molecular complexity index is 507. The molecule has 1 atom stereocenters. The van der Waals surface area contributed by atoms with E-state index in [9.17, 15) is 14.7 Å². The zero-order chi connectivity index (χ0) is 14.4. The first kappa shape index (κ1) is 14.7. The Hall–Kier alpha value is -2.38. The highest BCUT2D eigenvalue weighted by molar-refractivity contribution is 5.96. The number of hydrogen-bond donors (Lipinski definition) is 4. The lowest BCUT2D eigenvalue weighted by molar-refractivity contribution is -0.164. The van der Waals surface area contributed by atoms with Gasteiger partial charge in [-0.25, -0.2) is 9.59 Å². The van der Waals surface area contributed by atoms with Crippen molar-refractivity contribution in [3.8, 4) is 11.5 Å². The highest BCUT2D eigenvalue weighted by Crippen LogP contribution is 2.25. The van der Waals surface area contributed by atoms with Crippen molar-refractivity contribution in [3.63, 3.8) is 0 Å². The highest BCUT2D eigenvalue weighted by atomic mass is 16.6. The zero-order valence-electron chi connectivity index (χ0n) is 9.68. The fraction of sp³-hybridized carbons (Fsp3) is 0.167. The van der Waals surface area contributed by atoms with Gasteiger partial charge in [0.05, 0.1) is 6.61 Å². The minimum Gasteiger partial charge on any atom is -0.504 e. The Labute approximate surface area is 108 Å². The van der Waals surface area contributed by atoms with Gasteiger partial charge in [-0.15, -0.1) is 0 Å². The summed E-state index contributed by atoms with van der Waals surface area (Å²) in [5.41, 5.74) is 0.391. The molecule has 0 bridgehead atoms. The normalized spacial score (nSPS) is 12.3. The first-order valence-corrected chi connectivity index (χ1v) is 5.18. The topological polar surface area (TPSA) is 124 Å². The molecule has 1 rings (SSSR count). The first-order chi connectivity index (χ1) is 8.93. The number of aliphatic hydroxyl groups is 2. The van der Waals surface area contributed by atoms with Gasteiger partial charge in [0.25, 0.3) is 0 Å². The van der Waals surface area contributed by atoms with Gasteiger partial charge in [0.1, 0.15) is 0 Å². The number of aromatic hydroxyl groups is 2. The maximum Gasteiger partial charge on any atom is 0.345 e. The van der Waals surface area contributed by atoms with Crippen molar-refractivity contribution in [2.75, 3.05) is 6.61 Å². The third-order valence-corrected chi connectivity index (χ3v) is 2.06. The minimum absolute atomic E-state index is 0.305. The van der Waals surface area contributed by atoms with E-state index in [0.29, 0.717) is 5.56 Å². The standard InChI is InChI=1S/C12H12O7/c13-6-10(16)12(18)19-11(17)4-2-7-1-3-8(14)9(15)5-7/h1-5,10,13-16H,6H2/b4-2+. The molecule has 0 aromatic heterocycles. The molecule has 1 unspecified atom stereocenters. The van der Waals surface area contributed by atoms with E-state index in [0.717, 1.165) is 6.08 Å². The van der Waals surface area contributed by atoms with Gasteiger partial charge in [-0.1, -0.05) is 6.07 Å². The molecule has 0 aliphatic heterocycles. The Balaban J connectivity index is 2.63. The van der Waals surface area contributed by atoms with Crippen LogP contribution in [0, 0.1) is 0 Å². The molecular formula is C12H12O7. The van der Waals surface area contributed by atoms with Gasteiger partial charge >= 0.3 is 11.9 Å². The predicted octanol–water partition coefficient (Wildman–Crippen LogP) is -0.466. The van der Waals surface area contributed by atoms with Crippen LogP contribution < -0.4 is 0 Å². The summed E-state index contributed by atoms with van der Waals surface area (Å²) < 4.78 is 4.19. The molecule has 0 radical (unpaired) electrons. The third-order valence-electron chi connectivity index (χ3n) is 2.06. The van der Waals surface area contributed by atoms with E-state index in [1.807, 2.05) is 0 Å². The molecule has 0 spiro atoms. The third kappa shape index (κ3) is 4.41. The molecule has 0 fully saturated rings. The molecule has 1 aromatic carbocycles. The summed E-state index contributed by atoms with van der Waals surface area (Å²) in [6.07, 6.45) is 0.364. The quantitative estimate of drug-likeness (QED) is 0.252. The van der Waals surface area contributed by atoms with E-state index < -0.39 is 24.6 Å². The van der Waals surface area contributed by atoms with E-state index >= 15 is 0 Å². The van der Waals surface area contributed by atoms with Gasteiger partial charge in [-0.05, 0) is 23.8 Å². The number of benzene rings is 1. The van der Waals surface area contributed by atoms with Crippen molar-refractivity contribution in [2.45, 2.75) is 6.10 Å². The molecule has 7 heteroatoms. The van der Waals surface area contributed by atoms with E-state index in [-0.39, 0.29) is 11.5 Å². The number of carbonyl (C=O) groups excluding carboxylic acids is 2. The van der Waals surface area contributed by atoms with Crippen LogP contribution in [0.1, 0.15) is 5.56 Å². The number of hydrogen-bond acceptors (Lipinski definition) is 7. The molecule has 0 aliphatic rings. The van der Waals surface area contributed by atoms with Crippen LogP contribution in [0.2, 0.25) is 0 Å². The maximum atomic E-state index is 11.2. The van der Waals surface area contributed by atoms with Crippen molar-refractivity contribution in [2.24, 2.45) is 0 Å². The lowest BCUT2D eigenvalue weighted by Crippen LogP contribution is -2.28. The van der Waals surface area contributed by atoms with Crippen molar-refractivity contribution in [1.29, 1.82) is 0 Å². The summed E-state index contributed by atoms with van der Waals surface area (Å²) in [7, 11) is 0. The Morgan fingerprint density at radius 1 is 1.26 bits per heavy atom. The van der Waals surface area contributed by atoms with E-state index in [2.05, 4.69) is 4.74 Å². The predicted molar refractivity (Wildman–Crippen MR) is 63.0 cm³/mol. The molecule has 102 valence electrons. The van der Waals surface area contributed by atoms with Crippen LogP contribution in [-0.2, 0) is 14.3 Å². The SMILES string of the molecule is O=C(/C=C/c1ccc(O)c(O)c1)OC(=O)C(O)CO. The van der Waals surface area contributed by atoms with Crippen molar-refractivity contribution in [1.82, 2.24) is 0 Å². The van der Waals surface area contributed by atoms with Crippen molar-refractivity contribution < 1.29 is 34.8 Å². The number of phenols is 2. The van der Waals surface area contributed by atoms with Gasteiger partial charge in [-0.3, -0.25) is 0 Å². The second-order valence-corrected chi connectivity index (χ2v) is 3.52. The van der Waals surface area contributed by atoms with E-state index in [4.69, 9.17) is 15.3 Å². The maximum absolute atomic E-state index is 11.2. The summed E-state index contributed by atoms with van der Waals surface area (Å²) in [5, 5.41) is 35.6. The minimum atomic E-state index is -1.77. The van der Waals surface area contributed by atoms with Gasteiger partial charge in [0.15, 0.2) is 17.6 Å². The van der Waals surface area contributed by atoms with E-state index in [1.54, 1.807) is 0 Å². The number of phenolic OH excluding ortho intramolecular Hbond substituents is 2. The monoisotopic (exact) mass is 268 g/mol. The van der Waals surface area contributed by atoms with Gasteiger partial charge < -0.3 is 25.2 Å². The number of esters is 2. The Kier molecular flexibility index (Phi) is 5.04. The number of carbonyl (C=O) groups is 2. The molecule has 19 heavy (non-hydrogen) atoms. The fourth-order valence-corrected chi connectivity index (χ4v) is 1.08. The summed E-state index contributed by atoms with van der Waals surface area (Å²) >= 11 is 0. The first-order valence-electron chi connectivity index (χ1n) is 5.18. The molecular weight excluding hydrogens is 256 g/mol. The summed E-state index contributed by atoms with van der Waals surface area (Å²) in [4.78, 5) is 22.1. The largest absolute Gasteiger partial charge is 0.504 e. The number of ether oxygens (including phenoxy) is 1. The zero-order valence-corrected chi connectivity index (χ0v) is 9.68. The average molecular weight is 268 g/mol. The Morgan fingerprint density at radius 2 is 1.95 bits per heavy atom. The summed E-state index contributed by atoms with van der Waals surface area (Å²) in [5.74, 6) is -2.96. The van der Waals surface area contributed by atoms with Crippen LogP contribution in [-0.4, -0.2) is 45.1 Å². The highest BCUT2D eigenvalue weighted by Gasteiger charge is 2.17. The van der Waals surface area contributed by atoms with Crippen molar-refractivity contribution in [3.05, 3.63) is 29.8 Å². The molecule has 0 aliphatic carbocycles. The molecule has 0 saturated heterocycles. The van der Waals surface area contributed by atoms with Crippen molar-refractivity contribution >= 4 is 18.0 Å². The summed E-state index contributed by atoms with van der Waals surface area (Å²) in [6.45, 7) is -0.846. The van der Waals surface area contributed by atoms with Gasteiger partial charge in [-0.2, -0.15) is 0 Å². The van der Waals surface area contributed by atoms with Gasteiger partial charge in [0, 0.05) is 6.08 Å².